The Morgan fingerprint density at radius 1 is 1.62 bits per heavy atom. The fourth-order valence-corrected chi connectivity index (χ4v) is 3.94. The zero-order valence-corrected chi connectivity index (χ0v) is 11.4. The summed E-state index contributed by atoms with van der Waals surface area (Å²) >= 11 is 8.25. The third kappa shape index (κ3) is 2.11. The second kappa shape index (κ2) is 4.59. The molecule has 0 spiro atoms. The summed E-state index contributed by atoms with van der Waals surface area (Å²) in [5.41, 5.74) is 8.14. The first-order valence-electron chi connectivity index (χ1n) is 5.60. The van der Waals surface area contributed by atoms with E-state index in [0.717, 1.165) is 23.8 Å². The van der Waals surface area contributed by atoms with Gasteiger partial charge in [0.1, 0.15) is 5.15 Å². The van der Waals surface area contributed by atoms with Crippen molar-refractivity contribution in [2.24, 2.45) is 12.8 Å². The van der Waals surface area contributed by atoms with E-state index in [0.29, 0.717) is 0 Å². The van der Waals surface area contributed by atoms with Gasteiger partial charge in [-0.25, -0.2) is 0 Å². The molecule has 0 radical (unpaired) electrons. The average molecular weight is 260 g/mol. The molecule has 2 rings (SSSR count). The second-order valence-corrected chi connectivity index (χ2v) is 6.42. The van der Waals surface area contributed by atoms with Crippen LogP contribution in [-0.4, -0.2) is 26.8 Å². The Balaban J connectivity index is 2.25. The first kappa shape index (κ1) is 12.3. The van der Waals surface area contributed by atoms with Gasteiger partial charge in [0.2, 0.25) is 0 Å². The van der Waals surface area contributed by atoms with Gasteiger partial charge in [-0.1, -0.05) is 11.6 Å². The number of rotatable bonds is 3. The quantitative estimate of drug-likeness (QED) is 0.905. The van der Waals surface area contributed by atoms with Gasteiger partial charge in [-0.3, -0.25) is 4.68 Å². The lowest BCUT2D eigenvalue weighted by Gasteiger charge is -2.26. The number of hydrogen-bond donors (Lipinski definition) is 1. The van der Waals surface area contributed by atoms with Crippen LogP contribution in [0.2, 0.25) is 5.15 Å². The van der Waals surface area contributed by atoms with Crippen LogP contribution >= 0.6 is 23.4 Å². The van der Waals surface area contributed by atoms with E-state index in [4.69, 9.17) is 17.3 Å². The maximum absolute atomic E-state index is 6.26. The highest BCUT2D eigenvalue weighted by Gasteiger charge is 2.35. The Labute approximate surface area is 106 Å². The third-order valence-electron chi connectivity index (χ3n) is 3.33. The zero-order chi connectivity index (χ0) is 11.8. The van der Waals surface area contributed by atoms with Crippen molar-refractivity contribution in [2.45, 2.75) is 30.9 Å². The first-order chi connectivity index (χ1) is 7.58. The molecule has 1 saturated heterocycles. The Morgan fingerprint density at radius 3 is 2.81 bits per heavy atom. The SMILES string of the molecule is Cc1nn(C)c(Cl)c1CC1(CN)CCCS1. The fraction of sp³-hybridized carbons (Fsp3) is 0.727. The molecule has 0 amide bonds. The maximum Gasteiger partial charge on any atom is 0.130 e. The van der Waals surface area contributed by atoms with Gasteiger partial charge >= 0.3 is 0 Å². The predicted molar refractivity (Wildman–Crippen MR) is 70.1 cm³/mol. The molecule has 3 nitrogen and oxygen atoms in total. The molecule has 1 atom stereocenters. The van der Waals surface area contributed by atoms with E-state index in [1.165, 1.54) is 24.2 Å². The van der Waals surface area contributed by atoms with Crippen LogP contribution in [0.4, 0.5) is 0 Å². The van der Waals surface area contributed by atoms with Gasteiger partial charge in [0.25, 0.3) is 0 Å². The highest BCUT2D eigenvalue weighted by molar-refractivity contribution is 8.00. The number of aromatic nitrogens is 2. The maximum atomic E-state index is 6.26. The van der Waals surface area contributed by atoms with Crippen LogP contribution in [0.3, 0.4) is 0 Å². The minimum atomic E-state index is 0.192. The van der Waals surface area contributed by atoms with E-state index in [9.17, 15) is 0 Å². The van der Waals surface area contributed by atoms with E-state index in [1.807, 2.05) is 25.7 Å². The zero-order valence-electron chi connectivity index (χ0n) is 9.79. The average Bonchev–Trinajstić information content (AvgIpc) is 2.81. The lowest BCUT2D eigenvalue weighted by molar-refractivity contribution is 0.563. The minimum Gasteiger partial charge on any atom is -0.329 e. The molecule has 2 heterocycles. The van der Waals surface area contributed by atoms with Crippen LogP contribution in [0.25, 0.3) is 0 Å². The van der Waals surface area contributed by atoms with Crippen molar-refractivity contribution >= 4 is 23.4 Å². The number of thioether (sulfide) groups is 1. The van der Waals surface area contributed by atoms with E-state index < -0.39 is 0 Å². The number of halogens is 1. The summed E-state index contributed by atoms with van der Waals surface area (Å²) in [5, 5.41) is 5.11. The fourth-order valence-electron chi connectivity index (χ4n) is 2.32. The molecule has 1 aliphatic rings. The molecule has 0 bridgehead atoms. The van der Waals surface area contributed by atoms with Crippen molar-refractivity contribution in [1.82, 2.24) is 9.78 Å². The lowest BCUT2D eigenvalue weighted by atomic mass is 9.95. The Hall–Kier alpha value is -0.190. The lowest BCUT2D eigenvalue weighted by Crippen LogP contribution is -2.34. The predicted octanol–water partition coefficient (Wildman–Crippen LogP) is 2.15. The Bertz CT molecular complexity index is 383. The molecule has 5 heteroatoms. The van der Waals surface area contributed by atoms with E-state index >= 15 is 0 Å². The number of nitrogens with zero attached hydrogens (tertiary/aromatic N) is 2. The largest absolute Gasteiger partial charge is 0.329 e. The summed E-state index contributed by atoms with van der Waals surface area (Å²) in [6, 6.07) is 0. The summed E-state index contributed by atoms with van der Waals surface area (Å²) in [4.78, 5) is 0. The van der Waals surface area contributed by atoms with Crippen LogP contribution in [-0.2, 0) is 13.5 Å². The summed E-state index contributed by atoms with van der Waals surface area (Å²) in [5.74, 6) is 1.22. The van der Waals surface area contributed by atoms with Crippen LogP contribution in [0, 0.1) is 6.92 Å². The van der Waals surface area contributed by atoms with Gasteiger partial charge in [0.05, 0.1) is 5.69 Å². The van der Waals surface area contributed by atoms with E-state index in [1.54, 1.807) is 4.68 Å². The molecule has 2 N–H and O–H groups in total. The van der Waals surface area contributed by atoms with Crippen molar-refractivity contribution in [1.29, 1.82) is 0 Å². The van der Waals surface area contributed by atoms with Gasteiger partial charge in [-0.05, 0) is 31.9 Å². The van der Waals surface area contributed by atoms with Crippen LogP contribution < -0.4 is 5.73 Å². The molecule has 0 aromatic carbocycles. The van der Waals surface area contributed by atoms with Crippen molar-refractivity contribution in [3.63, 3.8) is 0 Å². The monoisotopic (exact) mass is 259 g/mol. The number of hydrogen-bond acceptors (Lipinski definition) is 3. The smallest absolute Gasteiger partial charge is 0.130 e. The molecule has 1 fully saturated rings. The Morgan fingerprint density at radius 2 is 2.38 bits per heavy atom. The highest BCUT2D eigenvalue weighted by Crippen LogP contribution is 2.41. The summed E-state index contributed by atoms with van der Waals surface area (Å²) in [7, 11) is 1.88. The van der Waals surface area contributed by atoms with Gasteiger partial charge in [0, 0.05) is 23.9 Å². The van der Waals surface area contributed by atoms with Gasteiger partial charge in [-0.2, -0.15) is 16.9 Å². The standard InChI is InChI=1S/C11H18ClN3S/c1-8-9(10(12)15(2)14-8)6-11(7-13)4-3-5-16-11/h3-7,13H2,1-2H3. The van der Waals surface area contributed by atoms with Crippen LogP contribution in [0.15, 0.2) is 0 Å². The van der Waals surface area contributed by atoms with Gasteiger partial charge in [-0.15, -0.1) is 0 Å². The van der Waals surface area contributed by atoms with Crippen molar-refractivity contribution < 1.29 is 0 Å². The molecule has 0 aliphatic carbocycles. The molecule has 1 unspecified atom stereocenters. The number of nitrogens with two attached hydrogens (primary N) is 1. The van der Waals surface area contributed by atoms with Crippen LogP contribution in [0.5, 0.6) is 0 Å². The molecule has 1 aromatic heterocycles. The van der Waals surface area contributed by atoms with Crippen molar-refractivity contribution in [3.05, 3.63) is 16.4 Å². The molecular weight excluding hydrogens is 242 g/mol. The molecule has 1 aliphatic heterocycles. The summed E-state index contributed by atoms with van der Waals surface area (Å²) < 4.78 is 1.94. The van der Waals surface area contributed by atoms with Gasteiger partial charge < -0.3 is 5.73 Å². The third-order valence-corrected chi connectivity index (χ3v) is 5.42. The minimum absolute atomic E-state index is 0.192. The first-order valence-corrected chi connectivity index (χ1v) is 6.96. The van der Waals surface area contributed by atoms with Crippen molar-refractivity contribution in [3.8, 4) is 0 Å². The molecular formula is C11H18ClN3S. The molecule has 0 saturated carbocycles. The van der Waals surface area contributed by atoms with Crippen LogP contribution in [0.1, 0.15) is 24.1 Å². The molecule has 90 valence electrons. The summed E-state index contributed by atoms with van der Waals surface area (Å²) in [6.07, 6.45) is 3.41. The highest BCUT2D eigenvalue weighted by atomic mass is 35.5. The molecule has 1 aromatic rings. The van der Waals surface area contributed by atoms with E-state index in [2.05, 4.69) is 5.10 Å². The topological polar surface area (TPSA) is 43.8 Å². The molecule has 16 heavy (non-hydrogen) atoms. The van der Waals surface area contributed by atoms with E-state index in [-0.39, 0.29) is 4.75 Å². The normalized spacial score (nSPS) is 25.2. The van der Waals surface area contributed by atoms with Gasteiger partial charge in [0.15, 0.2) is 0 Å². The van der Waals surface area contributed by atoms with Crippen molar-refractivity contribution in [2.75, 3.05) is 12.3 Å². The second-order valence-electron chi connectivity index (χ2n) is 4.49. The Kier molecular flexibility index (Phi) is 3.52. The number of aryl methyl sites for hydroxylation is 2. The summed E-state index contributed by atoms with van der Waals surface area (Å²) in [6.45, 7) is 2.74.